The van der Waals surface area contributed by atoms with Gasteiger partial charge >= 0.3 is 0 Å². The minimum Gasteiger partial charge on any atom is -0.382 e. The fourth-order valence-electron chi connectivity index (χ4n) is 1.22. The van der Waals surface area contributed by atoms with Gasteiger partial charge in [0.1, 0.15) is 24.1 Å². The highest BCUT2D eigenvalue weighted by atomic mass is 19.1. The van der Waals surface area contributed by atoms with Crippen LogP contribution in [0.3, 0.4) is 0 Å². The molecule has 90 valence electrons. The Morgan fingerprint density at radius 2 is 2.35 bits per heavy atom. The standard InChI is InChI=1S/C11H12FN3O2/c12-9-2-1-3-10(8(9)6-13)15-4-5-17-7-11(14)16/h1-3,15H,4-5,7H2,(H2,14,16). The fourth-order valence-corrected chi connectivity index (χ4v) is 1.22. The second-order valence-electron chi connectivity index (χ2n) is 3.22. The molecule has 6 heteroatoms. The van der Waals surface area contributed by atoms with E-state index in [-0.39, 0.29) is 18.8 Å². The van der Waals surface area contributed by atoms with Crippen LogP contribution in [0.15, 0.2) is 18.2 Å². The Bertz CT molecular complexity index is 443. The lowest BCUT2D eigenvalue weighted by Crippen LogP contribution is -2.20. The molecule has 0 aliphatic carbocycles. The highest BCUT2D eigenvalue weighted by Crippen LogP contribution is 2.17. The van der Waals surface area contributed by atoms with Gasteiger partial charge < -0.3 is 15.8 Å². The Morgan fingerprint density at radius 1 is 1.59 bits per heavy atom. The molecule has 0 atom stereocenters. The number of nitrogens with one attached hydrogen (secondary N) is 1. The maximum atomic E-state index is 13.2. The van der Waals surface area contributed by atoms with Crippen LogP contribution >= 0.6 is 0 Å². The molecule has 0 aliphatic rings. The number of nitrogens with two attached hydrogens (primary N) is 1. The van der Waals surface area contributed by atoms with E-state index < -0.39 is 11.7 Å². The number of halogens is 1. The molecular formula is C11H12FN3O2. The van der Waals surface area contributed by atoms with Gasteiger partial charge in [-0.05, 0) is 12.1 Å². The van der Waals surface area contributed by atoms with E-state index in [9.17, 15) is 9.18 Å². The zero-order chi connectivity index (χ0) is 12.7. The normalized spacial score (nSPS) is 9.65. The van der Waals surface area contributed by atoms with Gasteiger partial charge in [0.25, 0.3) is 0 Å². The Kier molecular flexibility index (Phi) is 4.91. The summed E-state index contributed by atoms with van der Waals surface area (Å²) in [6, 6.07) is 6.08. The SMILES string of the molecule is N#Cc1c(F)cccc1NCCOCC(N)=O. The molecule has 0 radical (unpaired) electrons. The first kappa shape index (κ1) is 12.9. The van der Waals surface area contributed by atoms with Gasteiger partial charge in [-0.2, -0.15) is 5.26 Å². The summed E-state index contributed by atoms with van der Waals surface area (Å²) >= 11 is 0. The van der Waals surface area contributed by atoms with Gasteiger partial charge in [0.15, 0.2) is 0 Å². The van der Waals surface area contributed by atoms with Crippen molar-refractivity contribution in [3.63, 3.8) is 0 Å². The highest BCUT2D eigenvalue weighted by molar-refractivity contribution is 5.74. The van der Waals surface area contributed by atoms with Crippen molar-refractivity contribution in [1.82, 2.24) is 0 Å². The maximum Gasteiger partial charge on any atom is 0.243 e. The number of rotatable bonds is 6. The summed E-state index contributed by atoms with van der Waals surface area (Å²) in [5, 5.41) is 11.6. The van der Waals surface area contributed by atoms with E-state index in [2.05, 4.69) is 5.32 Å². The van der Waals surface area contributed by atoms with Crippen LogP contribution in [0.4, 0.5) is 10.1 Å². The van der Waals surface area contributed by atoms with Crippen LogP contribution in [0.1, 0.15) is 5.56 Å². The lowest BCUT2D eigenvalue weighted by molar-refractivity contribution is -0.122. The zero-order valence-corrected chi connectivity index (χ0v) is 9.07. The van der Waals surface area contributed by atoms with Crippen LogP contribution in [-0.2, 0) is 9.53 Å². The van der Waals surface area contributed by atoms with Crippen LogP contribution in [0.5, 0.6) is 0 Å². The number of primary amides is 1. The number of carbonyl (C=O) groups excluding carboxylic acids is 1. The van der Waals surface area contributed by atoms with Crippen molar-refractivity contribution in [1.29, 1.82) is 5.26 Å². The molecular weight excluding hydrogens is 225 g/mol. The average Bonchev–Trinajstić information content (AvgIpc) is 2.28. The molecule has 0 aromatic heterocycles. The molecule has 1 rings (SSSR count). The van der Waals surface area contributed by atoms with E-state index in [0.29, 0.717) is 12.2 Å². The number of benzene rings is 1. The summed E-state index contributed by atoms with van der Waals surface area (Å²) in [6.45, 7) is 0.436. The van der Waals surface area contributed by atoms with Gasteiger partial charge in [0, 0.05) is 6.54 Å². The summed E-state index contributed by atoms with van der Waals surface area (Å²) in [7, 11) is 0. The second-order valence-corrected chi connectivity index (χ2v) is 3.22. The smallest absolute Gasteiger partial charge is 0.243 e. The fraction of sp³-hybridized carbons (Fsp3) is 0.273. The number of hydrogen-bond acceptors (Lipinski definition) is 4. The van der Waals surface area contributed by atoms with Crippen molar-refractivity contribution in [2.75, 3.05) is 25.1 Å². The van der Waals surface area contributed by atoms with Gasteiger partial charge in [0.2, 0.25) is 5.91 Å². The van der Waals surface area contributed by atoms with Crippen LogP contribution in [0.25, 0.3) is 0 Å². The maximum absolute atomic E-state index is 13.2. The lowest BCUT2D eigenvalue weighted by atomic mass is 10.2. The molecule has 3 N–H and O–H groups in total. The molecule has 0 spiro atoms. The summed E-state index contributed by atoms with van der Waals surface area (Å²) in [4.78, 5) is 10.4. The van der Waals surface area contributed by atoms with E-state index >= 15 is 0 Å². The van der Waals surface area contributed by atoms with Crippen molar-refractivity contribution in [2.45, 2.75) is 0 Å². The summed E-state index contributed by atoms with van der Waals surface area (Å²) in [5.74, 6) is -1.12. The minimum absolute atomic E-state index is 0.0394. The van der Waals surface area contributed by atoms with E-state index in [1.807, 2.05) is 0 Å². The molecule has 0 bridgehead atoms. The van der Waals surface area contributed by atoms with Crippen molar-refractivity contribution in [3.05, 3.63) is 29.6 Å². The van der Waals surface area contributed by atoms with Gasteiger partial charge in [-0.25, -0.2) is 4.39 Å². The number of anilines is 1. The Hall–Kier alpha value is -2.13. The molecule has 0 unspecified atom stereocenters. The molecule has 0 saturated carbocycles. The van der Waals surface area contributed by atoms with E-state index in [4.69, 9.17) is 15.7 Å². The first-order valence-corrected chi connectivity index (χ1v) is 4.93. The summed E-state index contributed by atoms with van der Waals surface area (Å²) in [6.07, 6.45) is 0. The van der Waals surface area contributed by atoms with Gasteiger partial charge in [-0.1, -0.05) is 6.07 Å². The summed E-state index contributed by atoms with van der Waals surface area (Å²) < 4.78 is 18.1. The molecule has 5 nitrogen and oxygen atoms in total. The van der Waals surface area contributed by atoms with Crippen LogP contribution in [0.2, 0.25) is 0 Å². The Balaban J connectivity index is 2.45. The molecule has 17 heavy (non-hydrogen) atoms. The largest absolute Gasteiger partial charge is 0.382 e. The number of nitriles is 1. The highest BCUT2D eigenvalue weighted by Gasteiger charge is 2.06. The first-order valence-electron chi connectivity index (χ1n) is 4.93. The molecule has 0 heterocycles. The predicted molar refractivity (Wildman–Crippen MR) is 59.6 cm³/mol. The van der Waals surface area contributed by atoms with E-state index in [0.717, 1.165) is 0 Å². The van der Waals surface area contributed by atoms with Crippen molar-refractivity contribution >= 4 is 11.6 Å². The third kappa shape index (κ3) is 4.09. The zero-order valence-electron chi connectivity index (χ0n) is 9.07. The second kappa shape index (κ2) is 6.45. The molecule has 0 fully saturated rings. The van der Waals surface area contributed by atoms with Crippen molar-refractivity contribution in [3.8, 4) is 6.07 Å². The molecule has 1 aromatic rings. The molecule has 0 saturated heterocycles. The monoisotopic (exact) mass is 237 g/mol. The predicted octanol–water partition coefficient (Wildman–Crippen LogP) is 0.611. The van der Waals surface area contributed by atoms with Crippen LogP contribution < -0.4 is 11.1 Å². The lowest BCUT2D eigenvalue weighted by Gasteiger charge is -2.08. The molecule has 1 amide bonds. The van der Waals surface area contributed by atoms with Crippen LogP contribution in [-0.4, -0.2) is 25.7 Å². The number of amides is 1. The average molecular weight is 237 g/mol. The third-order valence-electron chi connectivity index (χ3n) is 1.93. The molecule has 0 aliphatic heterocycles. The van der Waals surface area contributed by atoms with Gasteiger partial charge in [-0.3, -0.25) is 4.79 Å². The Labute approximate surface area is 98.0 Å². The number of nitrogens with zero attached hydrogens (tertiary/aromatic N) is 1. The van der Waals surface area contributed by atoms with Crippen molar-refractivity contribution < 1.29 is 13.9 Å². The first-order chi connectivity index (χ1) is 8.15. The van der Waals surface area contributed by atoms with Crippen LogP contribution in [0, 0.1) is 17.1 Å². The number of ether oxygens (including phenoxy) is 1. The third-order valence-corrected chi connectivity index (χ3v) is 1.93. The van der Waals surface area contributed by atoms with E-state index in [1.165, 1.54) is 12.1 Å². The number of carbonyl (C=O) groups is 1. The van der Waals surface area contributed by atoms with E-state index in [1.54, 1.807) is 12.1 Å². The van der Waals surface area contributed by atoms with Gasteiger partial charge in [0.05, 0.1) is 12.3 Å². The van der Waals surface area contributed by atoms with Crippen molar-refractivity contribution in [2.24, 2.45) is 5.73 Å². The Morgan fingerprint density at radius 3 is 3.00 bits per heavy atom. The molecule has 1 aromatic carbocycles. The number of hydrogen-bond donors (Lipinski definition) is 2. The summed E-state index contributed by atoms with van der Waals surface area (Å²) in [5.41, 5.74) is 5.23. The minimum atomic E-state index is -0.574. The topological polar surface area (TPSA) is 88.1 Å². The quantitative estimate of drug-likeness (QED) is 0.709. The van der Waals surface area contributed by atoms with Gasteiger partial charge in [-0.15, -0.1) is 0 Å².